The maximum Gasteiger partial charge on any atom is 0.490 e. The zero-order chi connectivity index (χ0) is 43.1. The topological polar surface area (TPSA) is 235 Å². The van der Waals surface area contributed by atoms with Crippen LogP contribution in [-0.2, 0) is 20.9 Å². The smallest absolute Gasteiger partial charge is 0.490 e. The van der Waals surface area contributed by atoms with E-state index in [2.05, 4.69) is 9.97 Å². The van der Waals surface area contributed by atoms with Crippen LogP contribution in [0.15, 0.2) is 47.6 Å². The number of ether oxygens (including phenoxy) is 2. The highest BCUT2D eigenvalue weighted by molar-refractivity contribution is 7.98. The van der Waals surface area contributed by atoms with Gasteiger partial charge in [-0.25, -0.2) is 28.7 Å². The molecular weight excluding hydrogens is 794 g/mol. The van der Waals surface area contributed by atoms with Gasteiger partial charge in [-0.05, 0) is 57.4 Å². The van der Waals surface area contributed by atoms with Crippen molar-refractivity contribution in [2.24, 2.45) is 5.73 Å². The van der Waals surface area contributed by atoms with Crippen molar-refractivity contribution in [1.29, 1.82) is 5.41 Å². The zero-order valence-corrected chi connectivity index (χ0v) is 29.4. The highest BCUT2D eigenvalue weighted by atomic mass is 32.2. The van der Waals surface area contributed by atoms with Crippen LogP contribution in [0.2, 0.25) is 0 Å². The molecule has 25 heteroatoms. The first-order chi connectivity index (χ1) is 25.0. The van der Waals surface area contributed by atoms with Crippen LogP contribution in [0.4, 0.5) is 61.2 Å². The molecule has 1 heterocycles. The van der Waals surface area contributed by atoms with E-state index in [4.69, 9.17) is 56.1 Å². The summed E-state index contributed by atoms with van der Waals surface area (Å²) in [6.45, 7) is 6.08. The fourth-order valence-corrected chi connectivity index (χ4v) is 3.67. The van der Waals surface area contributed by atoms with Gasteiger partial charge in [-0.2, -0.15) is 39.5 Å². The van der Waals surface area contributed by atoms with E-state index < -0.39 is 42.3 Å². The molecule has 0 fully saturated rings. The van der Waals surface area contributed by atoms with E-state index in [1.54, 1.807) is 42.5 Å². The molecule has 0 saturated heterocycles. The number of nitrogens with zero attached hydrogens (tertiary/aromatic N) is 3. The number of aliphatic carboxylic acids is 3. The first kappa shape index (κ1) is 49.2. The predicted molar refractivity (Wildman–Crippen MR) is 176 cm³/mol. The quantitative estimate of drug-likeness (QED) is 0.0414. The fourth-order valence-electron chi connectivity index (χ4n) is 3.29. The Hall–Kier alpha value is -5.75. The SMILES string of the molecule is CCOc1cc(CN(c2ccc(C(=N)N)cc2)c2cc(N)nc(SC)n2)c(F)c(OC(C)C)c1.O=C(O)C(F)(F)F.O=C(O)C(F)(F)F.O=C(O)C(F)(F)F. The van der Waals surface area contributed by atoms with Crippen molar-refractivity contribution < 1.29 is 83.1 Å². The molecule has 3 aromatic rings. The van der Waals surface area contributed by atoms with E-state index in [1.165, 1.54) is 11.8 Å². The van der Waals surface area contributed by atoms with Crippen LogP contribution < -0.4 is 25.8 Å². The number of carbonyl (C=O) groups is 3. The summed E-state index contributed by atoms with van der Waals surface area (Å²) in [7, 11) is 0. The molecular formula is C30H32F10N6O8S. The largest absolute Gasteiger partial charge is 0.494 e. The number of halogens is 10. The Labute approximate surface area is 308 Å². The minimum atomic E-state index is -5.08. The van der Waals surface area contributed by atoms with Crippen molar-refractivity contribution in [2.75, 3.05) is 23.5 Å². The van der Waals surface area contributed by atoms with Gasteiger partial charge >= 0.3 is 36.4 Å². The molecule has 14 nitrogen and oxygen atoms in total. The lowest BCUT2D eigenvalue weighted by Gasteiger charge is -2.26. The number of nitrogens with two attached hydrogens (primary N) is 2. The van der Waals surface area contributed by atoms with Crippen molar-refractivity contribution >= 4 is 52.8 Å². The number of amidine groups is 1. The summed E-state index contributed by atoms with van der Waals surface area (Å²) in [5.74, 6) is -7.36. The van der Waals surface area contributed by atoms with E-state index in [0.29, 0.717) is 46.0 Å². The van der Waals surface area contributed by atoms with Crippen LogP contribution in [0, 0.1) is 11.2 Å². The molecule has 0 bridgehead atoms. The molecule has 0 amide bonds. The summed E-state index contributed by atoms with van der Waals surface area (Å²) in [6, 6.07) is 11.9. The average molecular weight is 827 g/mol. The number of carboxylic acids is 3. The van der Waals surface area contributed by atoms with Gasteiger partial charge in [0.2, 0.25) is 0 Å². The molecule has 0 unspecified atom stereocenters. The summed E-state index contributed by atoms with van der Waals surface area (Å²) < 4.78 is 122. The number of hydrogen-bond acceptors (Lipinski definition) is 11. The number of rotatable bonds is 10. The number of anilines is 3. The van der Waals surface area contributed by atoms with Gasteiger partial charge in [-0.15, -0.1) is 0 Å². The molecule has 306 valence electrons. The Bertz CT molecular complexity index is 1700. The molecule has 55 heavy (non-hydrogen) atoms. The van der Waals surface area contributed by atoms with Gasteiger partial charge in [-0.1, -0.05) is 11.8 Å². The maximum absolute atomic E-state index is 15.5. The second-order valence-electron chi connectivity index (χ2n) is 10.1. The van der Waals surface area contributed by atoms with Crippen molar-refractivity contribution in [3.05, 3.63) is 59.4 Å². The van der Waals surface area contributed by atoms with Crippen LogP contribution in [0.5, 0.6) is 11.5 Å². The molecule has 8 N–H and O–H groups in total. The first-order valence-corrected chi connectivity index (χ1v) is 15.7. The van der Waals surface area contributed by atoms with Crippen molar-refractivity contribution in [2.45, 2.75) is 57.1 Å². The first-order valence-electron chi connectivity index (χ1n) is 14.5. The van der Waals surface area contributed by atoms with Gasteiger partial charge in [0.15, 0.2) is 16.7 Å². The maximum atomic E-state index is 15.5. The molecule has 3 rings (SSSR count). The summed E-state index contributed by atoms with van der Waals surface area (Å²) in [5, 5.41) is 29.5. The lowest BCUT2D eigenvalue weighted by atomic mass is 10.1. The van der Waals surface area contributed by atoms with Crippen LogP contribution in [0.3, 0.4) is 0 Å². The summed E-state index contributed by atoms with van der Waals surface area (Å²) in [4.78, 5) is 37.3. The van der Waals surface area contributed by atoms with Crippen molar-refractivity contribution in [1.82, 2.24) is 9.97 Å². The third-order valence-electron chi connectivity index (χ3n) is 5.48. The number of nitrogen functional groups attached to an aromatic ring is 2. The van der Waals surface area contributed by atoms with Gasteiger partial charge in [0.1, 0.15) is 23.2 Å². The number of aromatic nitrogens is 2. The summed E-state index contributed by atoms with van der Waals surface area (Å²) in [5.41, 5.74) is 13.3. The Balaban J connectivity index is 0.00000113. The Morgan fingerprint density at radius 3 is 1.69 bits per heavy atom. The number of hydrogen-bond donors (Lipinski definition) is 6. The van der Waals surface area contributed by atoms with Gasteiger partial charge in [0, 0.05) is 28.9 Å². The molecule has 0 saturated carbocycles. The molecule has 0 aliphatic rings. The lowest BCUT2D eigenvalue weighted by Crippen LogP contribution is -2.21. The van der Waals surface area contributed by atoms with E-state index in [0.717, 1.165) is 0 Å². The van der Waals surface area contributed by atoms with Gasteiger partial charge in [0.25, 0.3) is 0 Å². The molecule has 1 aromatic heterocycles. The van der Waals surface area contributed by atoms with E-state index >= 15 is 4.39 Å². The van der Waals surface area contributed by atoms with E-state index in [9.17, 15) is 39.5 Å². The van der Waals surface area contributed by atoms with Crippen LogP contribution in [0.1, 0.15) is 31.9 Å². The zero-order valence-electron chi connectivity index (χ0n) is 28.6. The Kier molecular flexibility index (Phi) is 19.0. The number of benzene rings is 2. The highest BCUT2D eigenvalue weighted by Crippen LogP contribution is 2.34. The van der Waals surface area contributed by atoms with Gasteiger partial charge in [0.05, 0.1) is 19.3 Å². The second kappa shape index (κ2) is 21.2. The number of nitrogens with one attached hydrogen (secondary N) is 1. The Morgan fingerprint density at radius 1 is 0.873 bits per heavy atom. The third-order valence-corrected chi connectivity index (χ3v) is 6.03. The molecule has 0 radical (unpaired) electrons. The molecule has 0 aliphatic carbocycles. The summed E-state index contributed by atoms with van der Waals surface area (Å²) in [6.07, 6.45) is -13.6. The van der Waals surface area contributed by atoms with Gasteiger partial charge < -0.3 is 41.2 Å². The van der Waals surface area contributed by atoms with Crippen molar-refractivity contribution in [3.63, 3.8) is 0 Å². The predicted octanol–water partition coefficient (Wildman–Crippen LogP) is 6.63. The third kappa shape index (κ3) is 18.2. The average Bonchev–Trinajstić information content (AvgIpc) is 3.04. The van der Waals surface area contributed by atoms with Crippen LogP contribution >= 0.6 is 11.8 Å². The fraction of sp³-hybridized carbons (Fsp3) is 0.333. The van der Waals surface area contributed by atoms with Crippen LogP contribution in [0.25, 0.3) is 0 Å². The highest BCUT2D eigenvalue weighted by Gasteiger charge is 2.39. The molecule has 0 spiro atoms. The van der Waals surface area contributed by atoms with Crippen LogP contribution in [-0.4, -0.2) is 86.5 Å². The number of thioether (sulfide) groups is 1. The molecule has 0 atom stereocenters. The minimum absolute atomic E-state index is 0.0417. The monoisotopic (exact) mass is 826 g/mol. The Morgan fingerprint density at radius 2 is 1.33 bits per heavy atom. The summed E-state index contributed by atoms with van der Waals surface area (Å²) >= 11 is 1.36. The second-order valence-corrected chi connectivity index (χ2v) is 10.9. The standard InChI is InChI=1S/C24H29FN6O2S.3C2HF3O2/c1-5-32-18-10-16(22(25)19(11-18)33-14(2)3)13-31(17-8-6-15(7-9-17)23(27)28)21-12-20(26)29-24(30-21)34-4;3*3-2(4,5)1(6)7/h6-12,14H,5,13H2,1-4H3,(H3,27,28)(H2,26,29,30);3*(H,6,7). The van der Waals surface area contributed by atoms with Crippen molar-refractivity contribution in [3.8, 4) is 11.5 Å². The molecule has 0 aliphatic heterocycles. The lowest BCUT2D eigenvalue weighted by molar-refractivity contribution is -0.193. The number of alkyl halides is 9. The van der Waals surface area contributed by atoms with E-state index in [-0.39, 0.29) is 24.2 Å². The number of carboxylic acid groups (broad SMARTS) is 3. The normalized spacial score (nSPS) is 11.0. The minimum Gasteiger partial charge on any atom is -0.494 e. The molecule has 2 aromatic carbocycles. The van der Waals surface area contributed by atoms with E-state index in [1.807, 2.05) is 31.9 Å². The van der Waals surface area contributed by atoms with Gasteiger partial charge in [-0.3, -0.25) is 5.41 Å².